The summed E-state index contributed by atoms with van der Waals surface area (Å²) in [5.41, 5.74) is 6.03. The van der Waals surface area contributed by atoms with E-state index in [-0.39, 0.29) is 22.5 Å². The first-order chi connectivity index (χ1) is 14.5. The molecule has 2 aromatic carbocycles. The zero-order valence-electron chi connectivity index (χ0n) is 15.9. The third-order valence-corrected chi connectivity index (χ3v) is 4.38. The third-order valence-electron chi connectivity index (χ3n) is 4.38. The highest BCUT2D eigenvalue weighted by atomic mass is 16.6. The normalized spacial score (nSPS) is 11.0. The molecule has 0 aliphatic rings. The Morgan fingerprint density at radius 2 is 1.67 bits per heavy atom. The van der Waals surface area contributed by atoms with Crippen LogP contribution in [0.1, 0.15) is 22.8 Å². The number of H-pyrrole nitrogens is 1. The molecule has 1 heterocycles. The Kier molecular flexibility index (Phi) is 5.81. The number of carbonyl (C=O) groups excluding carboxylic acids is 1. The number of ether oxygens (including phenoxy) is 2. The van der Waals surface area contributed by atoms with Gasteiger partial charge in [-0.3, -0.25) is 4.79 Å². The van der Waals surface area contributed by atoms with Crippen molar-refractivity contribution in [3.63, 3.8) is 0 Å². The van der Waals surface area contributed by atoms with E-state index in [1.807, 2.05) is 18.2 Å². The minimum atomic E-state index is -0.971. The highest BCUT2D eigenvalue weighted by Gasteiger charge is 2.24. The quantitative estimate of drug-likeness (QED) is 0.627. The minimum absolute atomic E-state index is 0.00320. The van der Waals surface area contributed by atoms with Gasteiger partial charge in [-0.05, 0) is 17.7 Å². The molecule has 0 bridgehead atoms. The van der Waals surface area contributed by atoms with Crippen molar-refractivity contribution in [3.8, 4) is 29.0 Å². The number of anilines is 1. The van der Waals surface area contributed by atoms with E-state index >= 15 is 0 Å². The summed E-state index contributed by atoms with van der Waals surface area (Å²) >= 11 is 0. The Balaban J connectivity index is 2.00. The van der Waals surface area contributed by atoms with Crippen molar-refractivity contribution < 1.29 is 14.3 Å². The van der Waals surface area contributed by atoms with Crippen LogP contribution in [-0.2, 0) is 9.53 Å². The molecule has 148 valence electrons. The number of benzene rings is 2. The second kappa shape index (κ2) is 8.63. The van der Waals surface area contributed by atoms with Crippen LogP contribution in [0.2, 0.25) is 0 Å². The molecule has 0 fully saturated rings. The van der Waals surface area contributed by atoms with Gasteiger partial charge >= 0.3 is 5.97 Å². The summed E-state index contributed by atoms with van der Waals surface area (Å²) in [6, 6.07) is 18.9. The number of hydrogen-bond acceptors (Lipinski definition) is 7. The standard InChI is InChI=1S/C22H16N4O4/c1-29-22(28)19(14-5-3-2-4-6-14)30-15-9-7-13(8-10-15)18-16(11-23)20(25)26-21(27)17(18)12-24/h2-10,19H,1H3,(H3,25,26,27). The molecule has 1 aromatic heterocycles. The largest absolute Gasteiger partial charge is 0.474 e. The lowest BCUT2D eigenvalue weighted by molar-refractivity contribution is -0.149. The molecule has 0 aliphatic heterocycles. The number of esters is 1. The van der Waals surface area contributed by atoms with Gasteiger partial charge in [-0.2, -0.15) is 10.5 Å². The summed E-state index contributed by atoms with van der Waals surface area (Å²) < 4.78 is 10.6. The van der Waals surface area contributed by atoms with Crippen LogP contribution in [0.4, 0.5) is 5.82 Å². The van der Waals surface area contributed by atoms with E-state index in [0.717, 1.165) is 0 Å². The van der Waals surface area contributed by atoms with Gasteiger partial charge in [0, 0.05) is 11.1 Å². The van der Waals surface area contributed by atoms with Crippen molar-refractivity contribution >= 4 is 11.8 Å². The van der Waals surface area contributed by atoms with Crippen molar-refractivity contribution in [1.29, 1.82) is 10.5 Å². The maximum Gasteiger partial charge on any atom is 0.351 e. The zero-order valence-corrected chi connectivity index (χ0v) is 15.9. The van der Waals surface area contributed by atoms with Crippen LogP contribution in [0.25, 0.3) is 11.1 Å². The smallest absolute Gasteiger partial charge is 0.351 e. The second-order valence-corrected chi connectivity index (χ2v) is 6.17. The summed E-state index contributed by atoms with van der Waals surface area (Å²) in [4.78, 5) is 26.5. The Labute approximate surface area is 171 Å². The first kappa shape index (κ1) is 20.2. The highest BCUT2D eigenvalue weighted by molar-refractivity contribution is 5.80. The molecule has 8 nitrogen and oxygen atoms in total. The molecule has 30 heavy (non-hydrogen) atoms. The highest BCUT2D eigenvalue weighted by Crippen LogP contribution is 2.31. The molecule has 0 radical (unpaired) electrons. The van der Waals surface area contributed by atoms with Gasteiger partial charge < -0.3 is 20.2 Å². The summed E-state index contributed by atoms with van der Waals surface area (Å²) in [6.45, 7) is 0. The Morgan fingerprint density at radius 3 is 2.23 bits per heavy atom. The molecule has 3 rings (SSSR count). The Morgan fingerprint density at radius 1 is 1.03 bits per heavy atom. The van der Waals surface area contributed by atoms with Gasteiger partial charge in [0.1, 0.15) is 34.8 Å². The predicted molar refractivity (Wildman–Crippen MR) is 108 cm³/mol. The number of aromatic amines is 1. The van der Waals surface area contributed by atoms with E-state index in [0.29, 0.717) is 16.9 Å². The van der Waals surface area contributed by atoms with Crippen molar-refractivity contribution in [2.75, 3.05) is 12.8 Å². The first-order valence-corrected chi connectivity index (χ1v) is 8.76. The van der Waals surface area contributed by atoms with Crippen LogP contribution in [0.15, 0.2) is 59.4 Å². The zero-order chi connectivity index (χ0) is 21.7. The van der Waals surface area contributed by atoms with E-state index < -0.39 is 17.6 Å². The van der Waals surface area contributed by atoms with Crippen LogP contribution in [0.3, 0.4) is 0 Å². The van der Waals surface area contributed by atoms with Gasteiger partial charge in [0.15, 0.2) is 0 Å². The number of hydrogen-bond donors (Lipinski definition) is 2. The fourth-order valence-corrected chi connectivity index (χ4v) is 2.96. The average molecular weight is 400 g/mol. The van der Waals surface area contributed by atoms with Gasteiger partial charge in [0.25, 0.3) is 5.56 Å². The van der Waals surface area contributed by atoms with Gasteiger partial charge in [0.05, 0.1) is 7.11 Å². The van der Waals surface area contributed by atoms with Crippen molar-refractivity contribution in [1.82, 2.24) is 4.98 Å². The molecule has 3 N–H and O–H groups in total. The number of nitriles is 2. The number of aromatic nitrogens is 1. The van der Waals surface area contributed by atoms with E-state index in [1.165, 1.54) is 7.11 Å². The summed E-state index contributed by atoms with van der Waals surface area (Å²) in [5.74, 6) is -0.328. The number of rotatable bonds is 5. The van der Waals surface area contributed by atoms with Crippen LogP contribution in [0, 0.1) is 22.7 Å². The van der Waals surface area contributed by atoms with Gasteiger partial charge in [0.2, 0.25) is 6.10 Å². The average Bonchev–Trinajstić information content (AvgIpc) is 2.77. The molecular weight excluding hydrogens is 384 g/mol. The van der Waals surface area contributed by atoms with Crippen LogP contribution < -0.4 is 16.0 Å². The molecule has 0 aliphatic carbocycles. The Bertz CT molecular complexity index is 1220. The lowest BCUT2D eigenvalue weighted by Gasteiger charge is -2.17. The molecule has 8 heteroatoms. The molecule has 1 unspecified atom stereocenters. The van der Waals surface area contributed by atoms with E-state index in [9.17, 15) is 20.1 Å². The summed E-state index contributed by atoms with van der Waals surface area (Å²) in [5, 5.41) is 18.8. The second-order valence-electron chi connectivity index (χ2n) is 6.17. The van der Waals surface area contributed by atoms with Crippen LogP contribution in [0.5, 0.6) is 5.75 Å². The van der Waals surface area contributed by atoms with E-state index in [1.54, 1.807) is 48.5 Å². The number of nitrogens with zero attached hydrogens (tertiary/aromatic N) is 2. The van der Waals surface area contributed by atoms with Crippen molar-refractivity contribution in [2.45, 2.75) is 6.10 Å². The van der Waals surface area contributed by atoms with Crippen LogP contribution >= 0.6 is 0 Å². The lowest BCUT2D eigenvalue weighted by Crippen LogP contribution is -2.20. The molecule has 3 aromatic rings. The molecule has 1 atom stereocenters. The number of nitrogens with two attached hydrogens (primary N) is 1. The summed E-state index contributed by atoms with van der Waals surface area (Å²) in [7, 11) is 1.27. The fraction of sp³-hybridized carbons (Fsp3) is 0.0909. The number of pyridine rings is 1. The van der Waals surface area contributed by atoms with E-state index in [2.05, 4.69) is 4.98 Å². The van der Waals surface area contributed by atoms with Crippen LogP contribution in [-0.4, -0.2) is 18.1 Å². The maximum atomic E-state index is 12.2. The molecule has 0 saturated heterocycles. The number of methoxy groups -OCH3 is 1. The molecule has 0 spiro atoms. The minimum Gasteiger partial charge on any atom is -0.474 e. The molecule has 0 amide bonds. The number of nitrogen functional groups attached to an aromatic ring is 1. The Hall–Kier alpha value is -4.56. The van der Waals surface area contributed by atoms with Crippen molar-refractivity contribution in [2.24, 2.45) is 0 Å². The SMILES string of the molecule is COC(=O)C(Oc1ccc(-c2c(C#N)c(N)[nH]c(=O)c2C#N)cc1)c1ccccc1. The van der Waals surface area contributed by atoms with Gasteiger partial charge in [-0.15, -0.1) is 0 Å². The van der Waals surface area contributed by atoms with Gasteiger partial charge in [-0.1, -0.05) is 42.5 Å². The number of nitrogens with one attached hydrogen (secondary N) is 1. The van der Waals surface area contributed by atoms with E-state index in [4.69, 9.17) is 15.2 Å². The fourth-order valence-electron chi connectivity index (χ4n) is 2.96. The maximum absolute atomic E-state index is 12.2. The molecule has 0 saturated carbocycles. The monoisotopic (exact) mass is 400 g/mol. The third kappa shape index (κ3) is 3.84. The number of carbonyl (C=O) groups is 1. The predicted octanol–water partition coefficient (Wildman–Crippen LogP) is 2.66. The van der Waals surface area contributed by atoms with Gasteiger partial charge in [-0.25, -0.2) is 4.79 Å². The molecular formula is C22H16N4O4. The lowest BCUT2D eigenvalue weighted by atomic mass is 9.96. The van der Waals surface area contributed by atoms with Crippen molar-refractivity contribution in [3.05, 3.63) is 81.6 Å². The topological polar surface area (TPSA) is 142 Å². The summed E-state index contributed by atoms with van der Waals surface area (Å²) in [6.07, 6.45) is -0.971. The first-order valence-electron chi connectivity index (χ1n) is 8.76.